The molecule has 1 aliphatic rings. The average Bonchev–Trinajstić information content (AvgIpc) is 3.36. The van der Waals surface area contributed by atoms with E-state index in [1.807, 2.05) is 12.1 Å². The third kappa shape index (κ3) is 3.80. The lowest BCUT2D eigenvalue weighted by Gasteiger charge is -2.24. The van der Waals surface area contributed by atoms with Crippen LogP contribution in [0.3, 0.4) is 0 Å². The van der Waals surface area contributed by atoms with E-state index >= 15 is 0 Å². The summed E-state index contributed by atoms with van der Waals surface area (Å²) >= 11 is 1.31. The number of nitrogens with two attached hydrogens (primary N) is 1. The summed E-state index contributed by atoms with van der Waals surface area (Å²) in [6, 6.07) is 12.0. The van der Waals surface area contributed by atoms with Crippen LogP contribution in [-0.4, -0.2) is 50.6 Å². The van der Waals surface area contributed by atoms with E-state index in [4.69, 9.17) is 14.7 Å². The van der Waals surface area contributed by atoms with E-state index in [1.54, 1.807) is 43.0 Å². The fourth-order valence-corrected chi connectivity index (χ4v) is 4.75. The van der Waals surface area contributed by atoms with Crippen LogP contribution in [0, 0.1) is 0 Å². The summed E-state index contributed by atoms with van der Waals surface area (Å²) in [5.41, 5.74) is 8.24. The van der Waals surface area contributed by atoms with Crippen LogP contribution in [0.2, 0.25) is 0 Å². The van der Waals surface area contributed by atoms with Gasteiger partial charge in [-0.2, -0.15) is 8.42 Å². The van der Waals surface area contributed by atoms with Gasteiger partial charge in [-0.25, -0.2) is 4.99 Å². The average molecular weight is 473 g/mol. The van der Waals surface area contributed by atoms with E-state index < -0.39 is 15.7 Å². The van der Waals surface area contributed by atoms with Gasteiger partial charge in [-0.05, 0) is 34.9 Å². The number of rotatable bonds is 6. The zero-order valence-electron chi connectivity index (χ0n) is 17.5. The molecule has 2 heterocycles. The number of aliphatic imine (C=N–C) groups is 1. The van der Waals surface area contributed by atoms with E-state index in [9.17, 15) is 13.2 Å². The van der Waals surface area contributed by atoms with Crippen molar-refractivity contribution in [3.63, 3.8) is 0 Å². The molecule has 32 heavy (non-hydrogen) atoms. The van der Waals surface area contributed by atoms with Crippen molar-refractivity contribution in [1.82, 2.24) is 9.88 Å². The summed E-state index contributed by atoms with van der Waals surface area (Å²) in [4.78, 5) is 23.9. The summed E-state index contributed by atoms with van der Waals surface area (Å²) in [6.45, 7) is 0. The molecule has 166 valence electrons. The summed E-state index contributed by atoms with van der Waals surface area (Å²) in [5.74, 6) is 0.355. The smallest absolute Gasteiger partial charge is 0.306 e. The number of carbonyl (C=O) groups is 1. The lowest BCUT2D eigenvalue weighted by molar-refractivity contribution is -0.129. The summed E-state index contributed by atoms with van der Waals surface area (Å²) in [7, 11) is -0.675. The number of hydrogen-bond donors (Lipinski definition) is 1. The van der Waals surface area contributed by atoms with Gasteiger partial charge in [-0.3, -0.25) is 14.7 Å². The molecule has 1 aromatic heterocycles. The number of benzene rings is 2. The fourth-order valence-electron chi connectivity index (χ4n) is 3.53. The molecule has 1 amide bonds. The number of amides is 1. The minimum Gasteiger partial charge on any atom is -0.497 e. The second kappa shape index (κ2) is 7.92. The van der Waals surface area contributed by atoms with E-state index in [1.165, 1.54) is 29.4 Å². The number of guanidine groups is 1. The van der Waals surface area contributed by atoms with E-state index in [0.717, 1.165) is 6.26 Å². The zero-order chi connectivity index (χ0) is 23.1. The van der Waals surface area contributed by atoms with Crippen molar-refractivity contribution in [3.05, 3.63) is 64.6 Å². The van der Waals surface area contributed by atoms with Crippen LogP contribution in [0.5, 0.6) is 11.5 Å². The van der Waals surface area contributed by atoms with Gasteiger partial charge in [0.1, 0.15) is 11.5 Å². The highest BCUT2D eigenvalue weighted by molar-refractivity contribution is 7.86. The Morgan fingerprint density at radius 3 is 2.47 bits per heavy atom. The number of nitrogens with zero attached hydrogens (tertiary/aromatic N) is 3. The number of hydrogen-bond acceptors (Lipinski definition) is 9. The van der Waals surface area contributed by atoms with Crippen molar-refractivity contribution >= 4 is 33.3 Å². The molecule has 0 aliphatic carbocycles. The normalized spacial score (nSPS) is 18.5. The number of ether oxygens (including phenoxy) is 1. The molecule has 0 bridgehead atoms. The first kappa shape index (κ1) is 21.8. The van der Waals surface area contributed by atoms with Gasteiger partial charge in [0.25, 0.3) is 5.91 Å². The molecule has 0 saturated carbocycles. The molecule has 9 nitrogen and oxygen atoms in total. The number of likely N-dealkylation sites (N-methyl/N-ethyl adjacent to an activating group) is 1. The molecule has 1 unspecified atom stereocenters. The molecule has 0 saturated heterocycles. The monoisotopic (exact) mass is 472 g/mol. The first-order chi connectivity index (χ1) is 15.1. The predicted molar refractivity (Wildman–Crippen MR) is 121 cm³/mol. The highest BCUT2D eigenvalue weighted by atomic mass is 32.2. The van der Waals surface area contributed by atoms with Crippen LogP contribution >= 0.6 is 11.3 Å². The van der Waals surface area contributed by atoms with E-state index in [2.05, 4.69) is 9.98 Å². The molecule has 1 aliphatic heterocycles. The number of methoxy groups -OCH3 is 1. The Hall–Kier alpha value is -3.44. The van der Waals surface area contributed by atoms with Crippen LogP contribution in [-0.2, 0) is 20.5 Å². The molecular weight excluding hydrogens is 452 g/mol. The van der Waals surface area contributed by atoms with Gasteiger partial charge in [-0.1, -0.05) is 18.2 Å². The van der Waals surface area contributed by atoms with Gasteiger partial charge in [0.2, 0.25) is 5.54 Å². The van der Waals surface area contributed by atoms with Gasteiger partial charge >= 0.3 is 10.1 Å². The SMILES string of the molecule is COc1cc(OS(C)(=O)=O)cc(-c2cccc(C3(c4cncs4)N=C(N)N(C)C3=O)c2)c1. The maximum Gasteiger partial charge on any atom is 0.306 e. The maximum atomic E-state index is 13.3. The first-order valence-electron chi connectivity index (χ1n) is 9.36. The summed E-state index contributed by atoms with van der Waals surface area (Å²) in [5, 5.41) is 0. The molecular formula is C21H20N4O5S2. The third-order valence-corrected chi connectivity index (χ3v) is 6.38. The molecule has 4 rings (SSSR count). The lowest BCUT2D eigenvalue weighted by atomic mass is 9.86. The highest BCUT2D eigenvalue weighted by Crippen LogP contribution is 2.42. The predicted octanol–water partition coefficient (Wildman–Crippen LogP) is 2.19. The van der Waals surface area contributed by atoms with E-state index in [0.29, 0.717) is 27.3 Å². The number of carbonyl (C=O) groups excluding carboxylic acids is 1. The molecule has 0 fully saturated rings. The Bertz CT molecular complexity index is 1320. The quantitative estimate of drug-likeness (QED) is 0.545. The van der Waals surface area contributed by atoms with Gasteiger partial charge in [0.05, 0.1) is 23.8 Å². The third-order valence-electron chi connectivity index (χ3n) is 5.01. The largest absolute Gasteiger partial charge is 0.497 e. The Kier molecular flexibility index (Phi) is 5.39. The standard InChI is InChI=1S/C21H20N4O5S2/c1-25-19(26)21(24-20(25)22,18-11-23-12-31-18)15-6-4-5-13(7-15)14-8-16(29-2)10-17(9-14)30-32(3,27)28/h4-12H,1-3H3,(H2,22,24). The molecule has 0 radical (unpaired) electrons. The zero-order valence-corrected chi connectivity index (χ0v) is 19.1. The molecule has 2 aromatic carbocycles. The first-order valence-corrected chi connectivity index (χ1v) is 12.1. The Balaban J connectivity index is 1.87. The summed E-state index contributed by atoms with van der Waals surface area (Å²) < 4.78 is 33.6. The maximum absolute atomic E-state index is 13.3. The minimum atomic E-state index is -3.72. The molecule has 2 N–H and O–H groups in total. The summed E-state index contributed by atoms with van der Waals surface area (Å²) in [6.07, 6.45) is 2.57. The van der Waals surface area contributed by atoms with Crippen LogP contribution < -0.4 is 14.7 Å². The van der Waals surface area contributed by atoms with Gasteiger partial charge in [0, 0.05) is 19.3 Å². The highest BCUT2D eigenvalue weighted by Gasteiger charge is 2.50. The fraction of sp³-hybridized carbons (Fsp3) is 0.190. The second-order valence-electron chi connectivity index (χ2n) is 7.18. The second-order valence-corrected chi connectivity index (χ2v) is 9.64. The topological polar surface area (TPSA) is 124 Å². The van der Waals surface area contributed by atoms with Crippen LogP contribution in [0.15, 0.2) is 59.2 Å². The Morgan fingerprint density at radius 1 is 1.12 bits per heavy atom. The van der Waals surface area contributed by atoms with Gasteiger partial charge in [-0.15, -0.1) is 11.3 Å². The number of aromatic nitrogens is 1. The van der Waals surface area contributed by atoms with Crippen LogP contribution in [0.25, 0.3) is 11.1 Å². The minimum absolute atomic E-state index is 0.110. The van der Waals surface area contributed by atoms with Crippen LogP contribution in [0.4, 0.5) is 0 Å². The van der Waals surface area contributed by atoms with Crippen molar-refractivity contribution in [2.75, 3.05) is 20.4 Å². The Morgan fingerprint density at radius 2 is 1.88 bits per heavy atom. The molecule has 11 heteroatoms. The number of thiazole rings is 1. The molecule has 3 aromatic rings. The van der Waals surface area contributed by atoms with Gasteiger partial charge in [0.15, 0.2) is 5.96 Å². The van der Waals surface area contributed by atoms with E-state index in [-0.39, 0.29) is 17.6 Å². The van der Waals surface area contributed by atoms with Crippen molar-refractivity contribution < 1.29 is 22.1 Å². The lowest BCUT2D eigenvalue weighted by Crippen LogP contribution is -2.40. The van der Waals surface area contributed by atoms with Crippen molar-refractivity contribution in [2.45, 2.75) is 5.54 Å². The molecule has 1 atom stereocenters. The van der Waals surface area contributed by atoms with Crippen molar-refractivity contribution in [1.29, 1.82) is 0 Å². The van der Waals surface area contributed by atoms with Crippen molar-refractivity contribution in [3.8, 4) is 22.6 Å². The van der Waals surface area contributed by atoms with Crippen molar-refractivity contribution in [2.24, 2.45) is 10.7 Å². The molecule has 0 spiro atoms. The Labute approximate surface area is 189 Å². The van der Waals surface area contributed by atoms with Crippen LogP contribution in [0.1, 0.15) is 10.4 Å². The van der Waals surface area contributed by atoms with Gasteiger partial charge < -0.3 is 14.7 Å².